The van der Waals surface area contributed by atoms with Crippen molar-refractivity contribution in [2.45, 2.75) is 12.8 Å². The minimum atomic E-state index is -0.234. The normalized spacial score (nSPS) is 15.7. The zero-order valence-electron chi connectivity index (χ0n) is 13.0. The average molecular weight is 375 g/mol. The second-order valence-electron chi connectivity index (χ2n) is 5.66. The molecule has 0 bridgehead atoms. The maximum atomic E-state index is 12.3. The standard InChI is InChI=1S/C19H19BrO3/c1-2-23-19(21)18(16-11-22-12-16)15-5-3-13(4-6-15)14-7-9-17(20)10-8-14/h3-10,16,18H,2,11-12H2,1H3. The molecule has 4 heteroatoms. The first-order valence-corrected chi connectivity index (χ1v) is 8.58. The molecule has 1 aliphatic rings. The van der Waals surface area contributed by atoms with Gasteiger partial charge in [-0.25, -0.2) is 0 Å². The predicted molar refractivity (Wildman–Crippen MR) is 93.3 cm³/mol. The first kappa shape index (κ1) is 16.2. The van der Waals surface area contributed by atoms with Gasteiger partial charge in [-0.1, -0.05) is 52.3 Å². The van der Waals surface area contributed by atoms with Gasteiger partial charge in [0.15, 0.2) is 0 Å². The predicted octanol–water partition coefficient (Wildman–Crippen LogP) is 4.41. The zero-order valence-corrected chi connectivity index (χ0v) is 14.6. The van der Waals surface area contributed by atoms with E-state index in [1.807, 2.05) is 31.2 Å². The van der Waals surface area contributed by atoms with Gasteiger partial charge in [0.25, 0.3) is 0 Å². The molecular formula is C19H19BrO3. The van der Waals surface area contributed by atoms with Crippen molar-refractivity contribution in [2.24, 2.45) is 5.92 Å². The monoisotopic (exact) mass is 374 g/mol. The van der Waals surface area contributed by atoms with E-state index in [1.165, 1.54) is 0 Å². The topological polar surface area (TPSA) is 35.5 Å². The molecule has 0 aromatic heterocycles. The molecule has 0 amide bonds. The van der Waals surface area contributed by atoms with E-state index in [9.17, 15) is 4.79 Å². The molecule has 1 unspecified atom stereocenters. The van der Waals surface area contributed by atoms with Crippen LogP contribution in [0.25, 0.3) is 11.1 Å². The van der Waals surface area contributed by atoms with Crippen LogP contribution in [-0.4, -0.2) is 25.8 Å². The van der Waals surface area contributed by atoms with Crippen LogP contribution in [0.2, 0.25) is 0 Å². The molecule has 1 saturated heterocycles. The maximum Gasteiger partial charge on any atom is 0.313 e. The molecule has 2 aromatic rings. The van der Waals surface area contributed by atoms with E-state index in [0.29, 0.717) is 19.8 Å². The molecule has 1 fully saturated rings. The summed E-state index contributed by atoms with van der Waals surface area (Å²) in [5.74, 6) is -0.174. The lowest BCUT2D eigenvalue weighted by Gasteiger charge is -2.32. The Kier molecular flexibility index (Phi) is 5.13. The summed E-state index contributed by atoms with van der Waals surface area (Å²) in [6, 6.07) is 16.4. The Balaban J connectivity index is 1.83. The summed E-state index contributed by atoms with van der Waals surface area (Å²) >= 11 is 3.45. The van der Waals surface area contributed by atoms with E-state index < -0.39 is 0 Å². The van der Waals surface area contributed by atoms with Gasteiger partial charge in [0, 0.05) is 10.4 Å². The minimum Gasteiger partial charge on any atom is -0.466 e. The quantitative estimate of drug-likeness (QED) is 0.727. The number of hydrogen-bond acceptors (Lipinski definition) is 3. The van der Waals surface area contributed by atoms with Crippen molar-refractivity contribution in [1.82, 2.24) is 0 Å². The highest BCUT2D eigenvalue weighted by atomic mass is 79.9. The number of carbonyl (C=O) groups is 1. The van der Waals surface area contributed by atoms with Crippen molar-refractivity contribution in [3.63, 3.8) is 0 Å². The third-order valence-corrected chi connectivity index (χ3v) is 4.65. The van der Waals surface area contributed by atoms with E-state index in [1.54, 1.807) is 0 Å². The van der Waals surface area contributed by atoms with E-state index in [0.717, 1.165) is 21.2 Å². The Morgan fingerprint density at radius 2 is 1.70 bits per heavy atom. The van der Waals surface area contributed by atoms with Crippen LogP contribution in [0.4, 0.5) is 0 Å². The Morgan fingerprint density at radius 1 is 1.13 bits per heavy atom. The largest absolute Gasteiger partial charge is 0.466 e. The fourth-order valence-corrected chi connectivity index (χ4v) is 3.07. The van der Waals surface area contributed by atoms with Crippen molar-refractivity contribution >= 4 is 21.9 Å². The number of halogens is 1. The lowest BCUT2D eigenvalue weighted by Crippen LogP contribution is -2.37. The Hall–Kier alpha value is -1.65. The second kappa shape index (κ2) is 7.28. The van der Waals surface area contributed by atoms with E-state index in [2.05, 4.69) is 40.2 Å². The molecule has 1 heterocycles. The molecular weight excluding hydrogens is 356 g/mol. The van der Waals surface area contributed by atoms with Crippen molar-refractivity contribution < 1.29 is 14.3 Å². The highest BCUT2D eigenvalue weighted by molar-refractivity contribution is 9.10. The van der Waals surface area contributed by atoms with Gasteiger partial charge < -0.3 is 9.47 Å². The van der Waals surface area contributed by atoms with Crippen LogP contribution in [0, 0.1) is 5.92 Å². The van der Waals surface area contributed by atoms with Gasteiger partial charge in [-0.15, -0.1) is 0 Å². The minimum absolute atomic E-state index is 0.155. The SMILES string of the molecule is CCOC(=O)C(c1ccc(-c2ccc(Br)cc2)cc1)C1COC1. The molecule has 0 radical (unpaired) electrons. The van der Waals surface area contributed by atoms with Gasteiger partial charge in [0.2, 0.25) is 0 Å². The third-order valence-electron chi connectivity index (χ3n) is 4.12. The molecule has 0 aliphatic carbocycles. The zero-order chi connectivity index (χ0) is 16.2. The number of esters is 1. The molecule has 2 aromatic carbocycles. The Labute approximate surface area is 144 Å². The molecule has 0 spiro atoms. The molecule has 1 aliphatic heterocycles. The van der Waals surface area contributed by atoms with Crippen LogP contribution in [-0.2, 0) is 14.3 Å². The molecule has 23 heavy (non-hydrogen) atoms. The summed E-state index contributed by atoms with van der Waals surface area (Å²) in [6.07, 6.45) is 0. The summed E-state index contributed by atoms with van der Waals surface area (Å²) in [5.41, 5.74) is 3.28. The van der Waals surface area contributed by atoms with Crippen LogP contribution in [0.15, 0.2) is 53.0 Å². The average Bonchev–Trinajstić information content (AvgIpc) is 2.52. The summed E-state index contributed by atoms with van der Waals surface area (Å²) in [7, 11) is 0. The van der Waals surface area contributed by atoms with Gasteiger partial charge in [-0.2, -0.15) is 0 Å². The van der Waals surface area contributed by atoms with E-state index >= 15 is 0 Å². The maximum absolute atomic E-state index is 12.3. The molecule has 0 N–H and O–H groups in total. The molecule has 3 rings (SSSR count). The van der Waals surface area contributed by atoms with E-state index in [-0.39, 0.29) is 17.8 Å². The highest BCUT2D eigenvalue weighted by Gasteiger charge is 2.35. The lowest BCUT2D eigenvalue weighted by molar-refractivity contribution is -0.152. The summed E-state index contributed by atoms with van der Waals surface area (Å²) < 4.78 is 11.6. The number of carbonyl (C=O) groups excluding carboxylic acids is 1. The number of rotatable bonds is 5. The second-order valence-corrected chi connectivity index (χ2v) is 6.57. The van der Waals surface area contributed by atoms with Gasteiger partial charge in [0.05, 0.1) is 25.7 Å². The van der Waals surface area contributed by atoms with Gasteiger partial charge >= 0.3 is 5.97 Å². The van der Waals surface area contributed by atoms with Gasteiger partial charge in [-0.05, 0) is 35.7 Å². The third kappa shape index (κ3) is 3.65. The molecule has 0 saturated carbocycles. The van der Waals surface area contributed by atoms with Crippen molar-refractivity contribution in [2.75, 3.05) is 19.8 Å². The first-order chi connectivity index (χ1) is 11.2. The molecule has 1 atom stereocenters. The van der Waals surface area contributed by atoms with Crippen LogP contribution < -0.4 is 0 Å². The van der Waals surface area contributed by atoms with Crippen LogP contribution in [0.1, 0.15) is 18.4 Å². The lowest BCUT2D eigenvalue weighted by atomic mass is 9.84. The van der Waals surface area contributed by atoms with Crippen molar-refractivity contribution in [3.8, 4) is 11.1 Å². The summed E-state index contributed by atoms with van der Waals surface area (Å²) in [4.78, 5) is 12.3. The summed E-state index contributed by atoms with van der Waals surface area (Å²) in [6.45, 7) is 3.48. The number of ether oxygens (including phenoxy) is 2. The Bertz CT molecular complexity index is 660. The fourth-order valence-electron chi connectivity index (χ4n) is 2.80. The first-order valence-electron chi connectivity index (χ1n) is 7.79. The van der Waals surface area contributed by atoms with Crippen LogP contribution in [0.3, 0.4) is 0 Å². The molecule has 3 nitrogen and oxygen atoms in total. The van der Waals surface area contributed by atoms with E-state index in [4.69, 9.17) is 9.47 Å². The van der Waals surface area contributed by atoms with Crippen molar-refractivity contribution in [1.29, 1.82) is 0 Å². The van der Waals surface area contributed by atoms with Gasteiger partial charge in [0.1, 0.15) is 0 Å². The smallest absolute Gasteiger partial charge is 0.313 e. The van der Waals surface area contributed by atoms with Crippen LogP contribution in [0.5, 0.6) is 0 Å². The number of hydrogen-bond donors (Lipinski definition) is 0. The number of benzene rings is 2. The van der Waals surface area contributed by atoms with Crippen LogP contribution >= 0.6 is 15.9 Å². The fraction of sp³-hybridized carbons (Fsp3) is 0.316. The summed E-state index contributed by atoms with van der Waals surface area (Å²) in [5, 5.41) is 0. The van der Waals surface area contributed by atoms with Gasteiger partial charge in [-0.3, -0.25) is 4.79 Å². The Morgan fingerprint density at radius 3 is 2.17 bits per heavy atom. The highest BCUT2D eigenvalue weighted by Crippen LogP contribution is 2.33. The molecule has 120 valence electrons. The van der Waals surface area contributed by atoms with Crippen molar-refractivity contribution in [3.05, 3.63) is 58.6 Å².